The number of hydrogen-bond donors (Lipinski definition) is 2. The summed E-state index contributed by atoms with van der Waals surface area (Å²) in [7, 11) is 0. The highest BCUT2D eigenvalue weighted by atomic mass is 19.1. The Labute approximate surface area is 116 Å². The number of aromatic amines is 1. The van der Waals surface area contributed by atoms with Gasteiger partial charge in [0.15, 0.2) is 0 Å². The predicted octanol–water partition coefficient (Wildman–Crippen LogP) is 1.97. The van der Waals surface area contributed by atoms with E-state index in [4.69, 9.17) is 0 Å². The molecule has 2 N–H and O–H groups in total. The molecule has 3 rings (SSSR count). The number of carbonyl (C=O) groups is 1. The minimum absolute atomic E-state index is 0.0107. The van der Waals surface area contributed by atoms with Gasteiger partial charge >= 0.3 is 0 Å². The Bertz CT molecular complexity index is 606. The summed E-state index contributed by atoms with van der Waals surface area (Å²) < 4.78 is 12.8. The van der Waals surface area contributed by atoms with Gasteiger partial charge in [-0.1, -0.05) is 12.1 Å². The molecule has 1 aromatic carbocycles. The summed E-state index contributed by atoms with van der Waals surface area (Å²) in [6.07, 6.45) is 4.06. The first-order valence-corrected chi connectivity index (χ1v) is 6.75. The van der Waals surface area contributed by atoms with E-state index in [1.807, 2.05) is 0 Å². The lowest BCUT2D eigenvalue weighted by Gasteiger charge is -2.20. The van der Waals surface area contributed by atoms with Crippen molar-refractivity contribution in [3.05, 3.63) is 53.4 Å². The number of nitrogens with one attached hydrogen (secondary N) is 2. The van der Waals surface area contributed by atoms with Gasteiger partial charge in [0.05, 0.1) is 12.0 Å². The molecule has 1 aliphatic rings. The summed E-state index contributed by atoms with van der Waals surface area (Å²) in [4.78, 5) is 19.5. The number of hydrogen-bond acceptors (Lipinski definition) is 2. The molecule has 0 fully saturated rings. The monoisotopic (exact) mass is 273 g/mol. The van der Waals surface area contributed by atoms with Gasteiger partial charge in [-0.15, -0.1) is 0 Å². The van der Waals surface area contributed by atoms with E-state index in [9.17, 15) is 9.18 Å². The number of H-pyrrole nitrogens is 1. The van der Waals surface area contributed by atoms with Crippen LogP contribution in [0.4, 0.5) is 4.39 Å². The highest BCUT2D eigenvalue weighted by Gasteiger charge is 2.25. The fourth-order valence-electron chi connectivity index (χ4n) is 2.56. The van der Waals surface area contributed by atoms with Crippen LogP contribution in [-0.4, -0.2) is 15.9 Å². The van der Waals surface area contributed by atoms with Crippen LogP contribution < -0.4 is 5.32 Å². The van der Waals surface area contributed by atoms with Crippen LogP contribution in [0.5, 0.6) is 0 Å². The van der Waals surface area contributed by atoms with Crippen molar-refractivity contribution < 1.29 is 9.18 Å². The second-order valence-corrected chi connectivity index (χ2v) is 5.11. The van der Waals surface area contributed by atoms with Crippen LogP contribution >= 0.6 is 0 Å². The van der Waals surface area contributed by atoms with E-state index < -0.39 is 0 Å². The molecule has 1 aliphatic carbocycles. The van der Waals surface area contributed by atoms with Crippen molar-refractivity contribution >= 4 is 5.91 Å². The van der Waals surface area contributed by atoms with E-state index in [-0.39, 0.29) is 17.6 Å². The number of benzene rings is 1. The summed E-state index contributed by atoms with van der Waals surface area (Å²) in [5, 5.41) is 2.92. The van der Waals surface area contributed by atoms with Gasteiger partial charge in [0.1, 0.15) is 5.82 Å². The van der Waals surface area contributed by atoms with Gasteiger partial charge in [-0.2, -0.15) is 0 Å². The third-order valence-corrected chi connectivity index (χ3v) is 3.74. The molecule has 2 aromatic rings. The molecule has 0 aliphatic heterocycles. The third-order valence-electron chi connectivity index (χ3n) is 3.74. The highest BCUT2D eigenvalue weighted by Crippen LogP contribution is 2.22. The Balaban J connectivity index is 1.56. The molecule has 5 heteroatoms. The van der Waals surface area contributed by atoms with Crippen LogP contribution in [0.1, 0.15) is 23.4 Å². The quantitative estimate of drug-likeness (QED) is 0.898. The molecule has 4 nitrogen and oxygen atoms in total. The molecule has 104 valence electrons. The molecular weight excluding hydrogens is 257 g/mol. The molecular formula is C15H16FN3O. The second-order valence-electron chi connectivity index (χ2n) is 5.11. The second kappa shape index (κ2) is 5.45. The SMILES string of the molecule is O=C(NCc1ccc(F)cc1)C1CCc2nc[nH]c2C1. The van der Waals surface area contributed by atoms with E-state index in [0.717, 1.165) is 29.8 Å². The summed E-state index contributed by atoms with van der Waals surface area (Å²) >= 11 is 0. The first kappa shape index (κ1) is 12.8. The molecule has 0 radical (unpaired) electrons. The van der Waals surface area contributed by atoms with Crippen molar-refractivity contribution in [1.29, 1.82) is 0 Å². The van der Waals surface area contributed by atoms with Crippen LogP contribution in [0, 0.1) is 11.7 Å². The number of amides is 1. The first-order valence-electron chi connectivity index (χ1n) is 6.75. The lowest BCUT2D eigenvalue weighted by Crippen LogP contribution is -2.33. The number of nitrogens with zero attached hydrogens (tertiary/aromatic N) is 1. The van der Waals surface area contributed by atoms with Gasteiger partial charge in [0.2, 0.25) is 5.91 Å². The lowest BCUT2D eigenvalue weighted by atomic mass is 9.89. The first-order chi connectivity index (χ1) is 9.72. The van der Waals surface area contributed by atoms with Crippen molar-refractivity contribution in [3.8, 4) is 0 Å². The van der Waals surface area contributed by atoms with Gasteiger partial charge in [0, 0.05) is 24.6 Å². The number of imidazole rings is 1. The van der Waals surface area contributed by atoms with Gasteiger partial charge in [-0.05, 0) is 30.5 Å². The Hall–Kier alpha value is -2.17. The van der Waals surface area contributed by atoms with Crippen LogP contribution in [-0.2, 0) is 24.2 Å². The van der Waals surface area contributed by atoms with E-state index in [1.54, 1.807) is 18.5 Å². The molecule has 0 saturated carbocycles. The zero-order chi connectivity index (χ0) is 13.9. The molecule has 1 unspecified atom stereocenters. The molecule has 0 spiro atoms. The van der Waals surface area contributed by atoms with Crippen molar-refractivity contribution in [2.24, 2.45) is 5.92 Å². The zero-order valence-corrected chi connectivity index (χ0v) is 11.0. The Morgan fingerprint density at radius 2 is 2.20 bits per heavy atom. The number of aromatic nitrogens is 2. The number of rotatable bonds is 3. The Morgan fingerprint density at radius 3 is 3.00 bits per heavy atom. The smallest absolute Gasteiger partial charge is 0.223 e. The normalized spacial score (nSPS) is 17.6. The molecule has 1 heterocycles. The highest BCUT2D eigenvalue weighted by molar-refractivity contribution is 5.79. The molecule has 20 heavy (non-hydrogen) atoms. The van der Waals surface area contributed by atoms with Gasteiger partial charge < -0.3 is 10.3 Å². The van der Waals surface area contributed by atoms with Crippen LogP contribution in [0.15, 0.2) is 30.6 Å². The van der Waals surface area contributed by atoms with Crippen molar-refractivity contribution in [3.63, 3.8) is 0 Å². The van der Waals surface area contributed by atoms with Crippen molar-refractivity contribution in [2.45, 2.75) is 25.8 Å². The molecule has 1 atom stereocenters. The minimum Gasteiger partial charge on any atom is -0.352 e. The zero-order valence-electron chi connectivity index (χ0n) is 11.0. The summed E-state index contributed by atoms with van der Waals surface area (Å²) in [5.41, 5.74) is 3.04. The van der Waals surface area contributed by atoms with E-state index >= 15 is 0 Å². The number of fused-ring (bicyclic) bond motifs is 1. The fraction of sp³-hybridized carbons (Fsp3) is 0.333. The number of carbonyl (C=O) groups excluding carboxylic acids is 1. The van der Waals surface area contributed by atoms with Crippen LogP contribution in [0.2, 0.25) is 0 Å². The maximum Gasteiger partial charge on any atom is 0.223 e. The topological polar surface area (TPSA) is 57.8 Å². The average Bonchev–Trinajstić information content (AvgIpc) is 2.93. The van der Waals surface area contributed by atoms with Gasteiger partial charge in [0.25, 0.3) is 0 Å². The predicted molar refractivity (Wildman–Crippen MR) is 72.3 cm³/mol. The maximum absolute atomic E-state index is 12.8. The summed E-state index contributed by atoms with van der Waals surface area (Å²) in [6.45, 7) is 0.436. The van der Waals surface area contributed by atoms with Gasteiger partial charge in [-0.25, -0.2) is 9.37 Å². The van der Waals surface area contributed by atoms with Crippen LogP contribution in [0.3, 0.4) is 0 Å². The van der Waals surface area contributed by atoms with E-state index in [0.29, 0.717) is 13.0 Å². The summed E-state index contributed by atoms with van der Waals surface area (Å²) in [6, 6.07) is 6.17. The average molecular weight is 273 g/mol. The Kier molecular flexibility index (Phi) is 3.50. The molecule has 1 aromatic heterocycles. The Morgan fingerprint density at radius 1 is 1.40 bits per heavy atom. The fourth-order valence-corrected chi connectivity index (χ4v) is 2.56. The van der Waals surface area contributed by atoms with E-state index in [1.165, 1.54) is 12.1 Å². The lowest BCUT2D eigenvalue weighted by molar-refractivity contribution is -0.125. The van der Waals surface area contributed by atoms with Gasteiger partial charge in [-0.3, -0.25) is 4.79 Å². The largest absolute Gasteiger partial charge is 0.352 e. The molecule has 1 amide bonds. The molecule has 0 bridgehead atoms. The molecule has 0 saturated heterocycles. The van der Waals surface area contributed by atoms with Crippen molar-refractivity contribution in [1.82, 2.24) is 15.3 Å². The standard InChI is InChI=1S/C15H16FN3O/c16-12-4-1-10(2-5-12)8-17-15(20)11-3-6-13-14(7-11)19-9-18-13/h1-2,4-5,9,11H,3,6-8H2,(H,17,20)(H,18,19). The minimum atomic E-state index is -0.265. The third kappa shape index (κ3) is 2.71. The van der Waals surface area contributed by atoms with Crippen molar-refractivity contribution in [2.75, 3.05) is 0 Å². The maximum atomic E-state index is 12.8. The summed E-state index contributed by atoms with van der Waals surface area (Å²) in [5.74, 6) is -0.225. The number of halogens is 1. The van der Waals surface area contributed by atoms with Crippen LogP contribution in [0.25, 0.3) is 0 Å². The number of aryl methyl sites for hydroxylation is 1. The van der Waals surface area contributed by atoms with E-state index in [2.05, 4.69) is 15.3 Å².